The summed E-state index contributed by atoms with van der Waals surface area (Å²) in [5.74, 6) is 1.25. The number of anilines is 1. The molecule has 132 valence electrons. The third-order valence-electron chi connectivity index (χ3n) is 4.90. The first-order chi connectivity index (χ1) is 12.8. The fourth-order valence-corrected chi connectivity index (χ4v) is 3.53. The second-order valence-corrected chi connectivity index (χ2v) is 6.78. The van der Waals surface area contributed by atoms with Crippen molar-refractivity contribution >= 4 is 11.6 Å². The molecule has 4 nitrogen and oxygen atoms in total. The summed E-state index contributed by atoms with van der Waals surface area (Å²) in [6, 6.07) is 18.3. The van der Waals surface area contributed by atoms with E-state index >= 15 is 0 Å². The van der Waals surface area contributed by atoms with Crippen molar-refractivity contribution in [2.45, 2.75) is 38.6 Å². The number of nitrogens with zero attached hydrogens (tertiary/aromatic N) is 2. The normalized spacial score (nSPS) is 12.8. The molecule has 1 amide bonds. The number of benzene rings is 2. The van der Waals surface area contributed by atoms with Crippen LogP contribution >= 0.6 is 0 Å². The number of fused-ring (bicyclic) bond motifs is 1. The molecule has 0 bridgehead atoms. The number of hydrogen-bond donors (Lipinski definition) is 1. The third-order valence-corrected chi connectivity index (χ3v) is 4.90. The molecule has 4 heteroatoms. The minimum Gasteiger partial charge on any atom is -0.328 e. The summed E-state index contributed by atoms with van der Waals surface area (Å²) in [6.07, 6.45) is 6.51. The van der Waals surface area contributed by atoms with Crippen molar-refractivity contribution in [3.8, 4) is 11.3 Å². The minimum absolute atomic E-state index is 0.0684. The average Bonchev–Trinajstić information content (AvgIpc) is 3.27. The van der Waals surface area contributed by atoms with E-state index in [1.807, 2.05) is 36.5 Å². The molecule has 0 spiro atoms. The number of amides is 1. The number of nitrogens with one attached hydrogen (secondary N) is 1. The predicted molar refractivity (Wildman–Crippen MR) is 104 cm³/mol. The van der Waals surface area contributed by atoms with Crippen molar-refractivity contribution in [2.24, 2.45) is 0 Å². The van der Waals surface area contributed by atoms with E-state index in [0.717, 1.165) is 37.1 Å². The highest BCUT2D eigenvalue weighted by atomic mass is 16.1. The highest BCUT2D eigenvalue weighted by molar-refractivity contribution is 5.90. The Balaban J connectivity index is 1.31. The van der Waals surface area contributed by atoms with Crippen molar-refractivity contribution in [1.82, 2.24) is 9.55 Å². The molecule has 0 atom stereocenters. The van der Waals surface area contributed by atoms with Gasteiger partial charge in [0.2, 0.25) is 5.91 Å². The number of rotatable bonds is 6. The van der Waals surface area contributed by atoms with Gasteiger partial charge in [0.15, 0.2) is 0 Å². The van der Waals surface area contributed by atoms with Gasteiger partial charge in [0.25, 0.3) is 0 Å². The topological polar surface area (TPSA) is 46.9 Å². The van der Waals surface area contributed by atoms with E-state index in [1.54, 1.807) is 0 Å². The van der Waals surface area contributed by atoms with Crippen molar-refractivity contribution in [3.63, 3.8) is 0 Å². The summed E-state index contributed by atoms with van der Waals surface area (Å²) in [5, 5.41) is 2.99. The maximum atomic E-state index is 12.1. The highest BCUT2D eigenvalue weighted by Crippen LogP contribution is 2.26. The fourth-order valence-electron chi connectivity index (χ4n) is 3.53. The molecule has 1 aliphatic heterocycles. The standard InChI is InChI=1S/C22H23N3O/c26-22(10-4-8-17-6-2-1-3-7-17)24-19-13-11-18(12-14-19)20-16-23-21-9-5-15-25(20)21/h1-3,6-7,11-14,16H,4-5,8-10,15H2,(H,24,26). The first kappa shape index (κ1) is 16.6. The van der Waals surface area contributed by atoms with Crippen LogP contribution in [0.2, 0.25) is 0 Å². The zero-order valence-corrected chi connectivity index (χ0v) is 14.8. The number of carbonyl (C=O) groups excluding carboxylic acids is 1. The van der Waals surface area contributed by atoms with Crippen LogP contribution in [0.1, 0.15) is 30.7 Å². The monoisotopic (exact) mass is 345 g/mol. The number of aromatic nitrogens is 2. The van der Waals surface area contributed by atoms with Crippen LogP contribution in [0.5, 0.6) is 0 Å². The van der Waals surface area contributed by atoms with E-state index in [-0.39, 0.29) is 5.91 Å². The van der Waals surface area contributed by atoms with E-state index in [2.05, 4.69) is 39.1 Å². The lowest BCUT2D eigenvalue weighted by molar-refractivity contribution is -0.116. The number of carbonyl (C=O) groups is 1. The molecular weight excluding hydrogens is 322 g/mol. The van der Waals surface area contributed by atoms with Crippen LogP contribution in [0.15, 0.2) is 60.8 Å². The minimum atomic E-state index is 0.0684. The van der Waals surface area contributed by atoms with Gasteiger partial charge >= 0.3 is 0 Å². The maximum absolute atomic E-state index is 12.1. The largest absolute Gasteiger partial charge is 0.328 e. The fraction of sp³-hybridized carbons (Fsp3) is 0.273. The van der Waals surface area contributed by atoms with E-state index < -0.39 is 0 Å². The van der Waals surface area contributed by atoms with Crippen LogP contribution in [0.4, 0.5) is 5.69 Å². The second kappa shape index (κ2) is 7.56. The van der Waals surface area contributed by atoms with Crippen LogP contribution in [0.3, 0.4) is 0 Å². The smallest absolute Gasteiger partial charge is 0.224 e. The summed E-state index contributed by atoms with van der Waals surface area (Å²) < 4.78 is 2.29. The summed E-state index contributed by atoms with van der Waals surface area (Å²) in [6.45, 7) is 1.05. The molecule has 0 fully saturated rings. The molecule has 26 heavy (non-hydrogen) atoms. The third kappa shape index (κ3) is 3.69. The first-order valence-electron chi connectivity index (χ1n) is 9.28. The van der Waals surface area contributed by atoms with Crippen LogP contribution in [-0.2, 0) is 24.2 Å². The van der Waals surface area contributed by atoms with Crippen LogP contribution in [0.25, 0.3) is 11.3 Å². The SMILES string of the molecule is O=C(CCCc1ccccc1)Nc1ccc(-c2cnc3n2CCC3)cc1. The van der Waals surface area contributed by atoms with Gasteiger partial charge in [0.1, 0.15) is 5.82 Å². The Hall–Kier alpha value is -2.88. The van der Waals surface area contributed by atoms with Gasteiger partial charge < -0.3 is 9.88 Å². The summed E-state index contributed by atoms with van der Waals surface area (Å²) in [5.41, 5.74) is 4.43. The maximum Gasteiger partial charge on any atom is 0.224 e. The van der Waals surface area contributed by atoms with Crippen molar-refractivity contribution < 1.29 is 4.79 Å². The van der Waals surface area contributed by atoms with Gasteiger partial charge in [-0.3, -0.25) is 4.79 Å². The highest BCUT2D eigenvalue weighted by Gasteiger charge is 2.16. The summed E-state index contributed by atoms with van der Waals surface area (Å²) in [4.78, 5) is 16.6. The van der Waals surface area contributed by atoms with Gasteiger partial charge in [-0.25, -0.2) is 4.98 Å². The average molecular weight is 345 g/mol. The zero-order chi connectivity index (χ0) is 17.8. The van der Waals surface area contributed by atoms with Crippen LogP contribution in [-0.4, -0.2) is 15.5 Å². The molecule has 1 aliphatic rings. The van der Waals surface area contributed by atoms with Gasteiger partial charge in [-0.05, 0) is 42.5 Å². The molecule has 0 aliphatic carbocycles. The quantitative estimate of drug-likeness (QED) is 0.717. The van der Waals surface area contributed by atoms with Crippen molar-refractivity contribution in [1.29, 1.82) is 0 Å². The van der Waals surface area contributed by atoms with Gasteiger partial charge in [-0.1, -0.05) is 42.5 Å². The lowest BCUT2D eigenvalue weighted by atomic mass is 10.1. The molecule has 2 heterocycles. The molecule has 0 saturated heterocycles. The lowest BCUT2D eigenvalue weighted by Gasteiger charge is -2.08. The van der Waals surface area contributed by atoms with Crippen LogP contribution < -0.4 is 5.32 Å². The second-order valence-electron chi connectivity index (χ2n) is 6.78. The van der Waals surface area contributed by atoms with Crippen molar-refractivity contribution in [3.05, 3.63) is 72.2 Å². The Labute approximate surface area is 153 Å². The van der Waals surface area contributed by atoms with Gasteiger partial charge in [0, 0.05) is 25.1 Å². The molecule has 0 saturated carbocycles. The molecule has 1 aromatic heterocycles. The molecule has 0 radical (unpaired) electrons. The molecule has 0 unspecified atom stereocenters. The molecule has 3 aromatic rings. The number of aryl methyl sites for hydroxylation is 2. The Bertz CT molecular complexity index is 882. The Morgan fingerprint density at radius 3 is 2.69 bits per heavy atom. The predicted octanol–water partition coefficient (Wildman–Crippen LogP) is 4.46. The lowest BCUT2D eigenvalue weighted by Crippen LogP contribution is -2.11. The summed E-state index contributed by atoms with van der Waals surface area (Å²) in [7, 11) is 0. The molecule has 2 aromatic carbocycles. The van der Waals surface area contributed by atoms with E-state index in [9.17, 15) is 4.79 Å². The van der Waals surface area contributed by atoms with Gasteiger partial charge in [-0.15, -0.1) is 0 Å². The summed E-state index contributed by atoms with van der Waals surface area (Å²) >= 11 is 0. The van der Waals surface area contributed by atoms with E-state index in [0.29, 0.717) is 6.42 Å². The Morgan fingerprint density at radius 1 is 1.08 bits per heavy atom. The number of imidazole rings is 1. The van der Waals surface area contributed by atoms with E-state index in [4.69, 9.17) is 0 Å². The van der Waals surface area contributed by atoms with Gasteiger partial charge in [-0.2, -0.15) is 0 Å². The van der Waals surface area contributed by atoms with Gasteiger partial charge in [0.05, 0.1) is 11.9 Å². The number of hydrogen-bond acceptors (Lipinski definition) is 2. The first-order valence-corrected chi connectivity index (χ1v) is 9.28. The van der Waals surface area contributed by atoms with E-state index in [1.165, 1.54) is 23.5 Å². The molecular formula is C22H23N3O. The Kier molecular flexibility index (Phi) is 4.82. The zero-order valence-electron chi connectivity index (χ0n) is 14.8. The molecule has 1 N–H and O–H groups in total. The molecule has 4 rings (SSSR count). The Morgan fingerprint density at radius 2 is 1.88 bits per heavy atom. The van der Waals surface area contributed by atoms with Crippen molar-refractivity contribution in [2.75, 3.05) is 5.32 Å². The van der Waals surface area contributed by atoms with Crippen LogP contribution in [0, 0.1) is 0 Å².